The van der Waals surface area contributed by atoms with Gasteiger partial charge in [-0.05, 0) is 36.6 Å². The van der Waals surface area contributed by atoms with E-state index in [-0.39, 0.29) is 10.8 Å². The second kappa shape index (κ2) is 5.30. The van der Waals surface area contributed by atoms with Gasteiger partial charge in [-0.25, -0.2) is 17.4 Å². The van der Waals surface area contributed by atoms with E-state index in [1.54, 1.807) is 27.8 Å². The minimum absolute atomic E-state index is 0.0338. The standard InChI is InChI=1S/C15H17N5O3S/c1-11(21)18-8-5-12-9-13(3-4-14(12)18)24(22,23)20-7-2-6-19-15(20)16-10-17-19/h3-4,9-10H,2,5-8H2,1H3. The predicted molar refractivity (Wildman–Crippen MR) is 87.3 cm³/mol. The molecule has 0 saturated carbocycles. The van der Waals surface area contributed by atoms with Crippen LogP contribution in [0.4, 0.5) is 11.6 Å². The Bertz CT molecular complexity index is 921. The molecule has 2 aliphatic heterocycles. The molecule has 0 atom stereocenters. The van der Waals surface area contributed by atoms with Crippen LogP contribution in [0.15, 0.2) is 29.4 Å². The molecule has 3 heterocycles. The molecular weight excluding hydrogens is 330 g/mol. The monoisotopic (exact) mass is 347 g/mol. The number of benzene rings is 1. The van der Waals surface area contributed by atoms with E-state index in [4.69, 9.17) is 0 Å². The molecule has 2 aromatic rings. The average Bonchev–Trinajstić information content (AvgIpc) is 3.20. The fraction of sp³-hybridized carbons (Fsp3) is 0.400. The summed E-state index contributed by atoms with van der Waals surface area (Å²) < 4.78 is 29.0. The number of hydrogen-bond donors (Lipinski definition) is 0. The molecule has 4 rings (SSSR count). The van der Waals surface area contributed by atoms with Gasteiger partial charge in [0, 0.05) is 32.2 Å². The summed E-state index contributed by atoms with van der Waals surface area (Å²) in [5.41, 5.74) is 1.67. The van der Waals surface area contributed by atoms with E-state index in [1.807, 2.05) is 0 Å². The minimum atomic E-state index is -3.70. The Morgan fingerprint density at radius 3 is 2.83 bits per heavy atom. The third-order valence-corrected chi connectivity index (χ3v) is 6.24. The average molecular weight is 347 g/mol. The first kappa shape index (κ1) is 15.1. The predicted octanol–water partition coefficient (Wildman–Crippen LogP) is 0.786. The Balaban J connectivity index is 1.74. The van der Waals surface area contributed by atoms with Crippen molar-refractivity contribution in [2.45, 2.75) is 31.2 Å². The summed E-state index contributed by atoms with van der Waals surface area (Å²) in [6, 6.07) is 4.94. The van der Waals surface area contributed by atoms with Crippen LogP contribution in [-0.2, 0) is 27.8 Å². The van der Waals surface area contributed by atoms with E-state index in [2.05, 4.69) is 10.1 Å². The Labute approximate surface area is 139 Å². The molecule has 0 bridgehead atoms. The maximum Gasteiger partial charge on any atom is 0.266 e. The molecule has 0 N–H and O–H groups in total. The summed E-state index contributed by atoms with van der Waals surface area (Å²) in [6.07, 6.45) is 2.73. The largest absolute Gasteiger partial charge is 0.312 e. The van der Waals surface area contributed by atoms with Gasteiger partial charge in [0.25, 0.3) is 10.0 Å². The third-order valence-electron chi connectivity index (χ3n) is 4.46. The van der Waals surface area contributed by atoms with Crippen molar-refractivity contribution in [2.24, 2.45) is 0 Å². The zero-order valence-electron chi connectivity index (χ0n) is 13.2. The molecule has 0 spiro atoms. The van der Waals surface area contributed by atoms with Crippen LogP contribution < -0.4 is 9.21 Å². The highest BCUT2D eigenvalue weighted by atomic mass is 32.2. The van der Waals surface area contributed by atoms with Crippen LogP contribution >= 0.6 is 0 Å². The van der Waals surface area contributed by atoms with Crippen molar-refractivity contribution in [3.63, 3.8) is 0 Å². The SMILES string of the molecule is CC(=O)N1CCc2cc(S(=O)(=O)N3CCCn4ncnc43)ccc21. The van der Waals surface area contributed by atoms with Crippen LogP contribution in [0.2, 0.25) is 0 Å². The van der Waals surface area contributed by atoms with Crippen molar-refractivity contribution in [3.05, 3.63) is 30.1 Å². The first-order valence-corrected chi connectivity index (χ1v) is 9.24. The molecule has 2 aliphatic rings. The number of carbonyl (C=O) groups is 1. The molecule has 1 aromatic carbocycles. The van der Waals surface area contributed by atoms with E-state index in [0.717, 1.165) is 11.3 Å². The molecule has 1 amide bonds. The van der Waals surface area contributed by atoms with E-state index in [0.29, 0.717) is 38.4 Å². The fourth-order valence-electron chi connectivity index (χ4n) is 3.29. The van der Waals surface area contributed by atoms with Gasteiger partial charge in [0.2, 0.25) is 11.9 Å². The third kappa shape index (κ3) is 2.19. The number of carbonyl (C=O) groups excluding carboxylic acids is 1. The van der Waals surface area contributed by atoms with Gasteiger partial charge < -0.3 is 4.90 Å². The van der Waals surface area contributed by atoms with Gasteiger partial charge >= 0.3 is 0 Å². The highest BCUT2D eigenvalue weighted by molar-refractivity contribution is 7.92. The number of fused-ring (bicyclic) bond motifs is 2. The van der Waals surface area contributed by atoms with Crippen LogP contribution in [-0.4, -0.2) is 42.2 Å². The molecule has 0 saturated heterocycles. The van der Waals surface area contributed by atoms with Gasteiger partial charge in [-0.1, -0.05) is 0 Å². The summed E-state index contributed by atoms with van der Waals surface area (Å²) in [6.45, 7) is 3.16. The normalized spacial score (nSPS) is 16.9. The molecule has 0 aliphatic carbocycles. The number of hydrogen-bond acceptors (Lipinski definition) is 5. The Hall–Kier alpha value is -2.42. The Morgan fingerprint density at radius 2 is 2.04 bits per heavy atom. The summed E-state index contributed by atoms with van der Waals surface area (Å²) in [4.78, 5) is 17.6. The number of aromatic nitrogens is 3. The van der Waals surface area contributed by atoms with Gasteiger partial charge in [-0.2, -0.15) is 10.1 Å². The van der Waals surface area contributed by atoms with E-state index >= 15 is 0 Å². The zero-order chi connectivity index (χ0) is 16.9. The summed E-state index contributed by atoms with van der Waals surface area (Å²) >= 11 is 0. The van der Waals surface area contributed by atoms with Crippen molar-refractivity contribution >= 4 is 27.6 Å². The first-order chi connectivity index (χ1) is 11.5. The fourth-order valence-corrected chi connectivity index (χ4v) is 4.81. The molecule has 0 radical (unpaired) electrons. The van der Waals surface area contributed by atoms with E-state index in [9.17, 15) is 13.2 Å². The maximum absolute atomic E-state index is 13.0. The number of aryl methyl sites for hydroxylation is 1. The molecule has 1 aromatic heterocycles. The van der Waals surface area contributed by atoms with Gasteiger partial charge in [0.1, 0.15) is 6.33 Å². The van der Waals surface area contributed by atoms with Crippen molar-refractivity contribution in [1.82, 2.24) is 14.8 Å². The van der Waals surface area contributed by atoms with Gasteiger partial charge in [0.15, 0.2) is 0 Å². The number of anilines is 2. The molecule has 0 unspecified atom stereocenters. The van der Waals surface area contributed by atoms with Crippen LogP contribution in [0.5, 0.6) is 0 Å². The lowest BCUT2D eigenvalue weighted by Gasteiger charge is -2.27. The van der Waals surface area contributed by atoms with Crippen molar-refractivity contribution < 1.29 is 13.2 Å². The van der Waals surface area contributed by atoms with Crippen LogP contribution in [0.1, 0.15) is 18.9 Å². The first-order valence-electron chi connectivity index (χ1n) is 7.80. The van der Waals surface area contributed by atoms with Crippen molar-refractivity contribution in [1.29, 1.82) is 0 Å². The lowest BCUT2D eigenvalue weighted by atomic mass is 10.2. The Kier molecular flexibility index (Phi) is 3.34. The summed E-state index contributed by atoms with van der Waals surface area (Å²) in [5.74, 6) is 0.320. The van der Waals surface area contributed by atoms with Crippen molar-refractivity contribution in [2.75, 3.05) is 22.3 Å². The number of rotatable bonds is 2. The number of sulfonamides is 1. The van der Waals surface area contributed by atoms with Gasteiger partial charge in [0.05, 0.1) is 4.90 Å². The van der Waals surface area contributed by atoms with E-state index in [1.165, 1.54) is 17.6 Å². The van der Waals surface area contributed by atoms with Gasteiger partial charge in [-0.15, -0.1) is 0 Å². The van der Waals surface area contributed by atoms with E-state index < -0.39 is 10.0 Å². The molecule has 126 valence electrons. The molecule has 9 heteroatoms. The van der Waals surface area contributed by atoms with Crippen LogP contribution in [0.3, 0.4) is 0 Å². The second-order valence-electron chi connectivity index (χ2n) is 5.93. The van der Waals surface area contributed by atoms with Gasteiger partial charge in [-0.3, -0.25) is 4.79 Å². The molecular formula is C15H17N5O3S. The number of amides is 1. The van der Waals surface area contributed by atoms with Crippen LogP contribution in [0.25, 0.3) is 0 Å². The zero-order valence-corrected chi connectivity index (χ0v) is 14.0. The topological polar surface area (TPSA) is 88.4 Å². The molecule has 24 heavy (non-hydrogen) atoms. The summed E-state index contributed by atoms with van der Waals surface area (Å²) in [5, 5.41) is 4.06. The second-order valence-corrected chi connectivity index (χ2v) is 7.79. The summed E-state index contributed by atoms with van der Waals surface area (Å²) in [7, 11) is -3.70. The Morgan fingerprint density at radius 1 is 1.21 bits per heavy atom. The van der Waals surface area contributed by atoms with Crippen LogP contribution in [0, 0.1) is 0 Å². The highest BCUT2D eigenvalue weighted by Crippen LogP contribution is 2.32. The smallest absolute Gasteiger partial charge is 0.266 e. The maximum atomic E-state index is 13.0. The number of nitrogens with zero attached hydrogens (tertiary/aromatic N) is 5. The molecule has 0 fully saturated rings. The quantitative estimate of drug-likeness (QED) is 0.801. The highest BCUT2D eigenvalue weighted by Gasteiger charge is 2.32. The lowest BCUT2D eigenvalue weighted by Crippen LogP contribution is -2.38. The lowest BCUT2D eigenvalue weighted by molar-refractivity contribution is -0.116. The molecule has 8 nitrogen and oxygen atoms in total. The van der Waals surface area contributed by atoms with Crippen molar-refractivity contribution in [3.8, 4) is 0 Å². The minimum Gasteiger partial charge on any atom is -0.312 e.